The molecule has 0 N–H and O–H groups in total. The van der Waals surface area contributed by atoms with E-state index < -0.39 is 10.7 Å². The molecule has 0 radical (unpaired) electrons. The molecule has 1 aromatic rings. The van der Waals surface area contributed by atoms with Crippen molar-refractivity contribution in [3.63, 3.8) is 0 Å². The molecule has 0 unspecified atom stereocenters. The molecular weight excluding hydrogens is 391 g/mol. The average molecular weight is 395 g/mol. The zero-order valence-electron chi connectivity index (χ0n) is 7.74. The molecule has 0 fully saturated rings. The highest BCUT2D eigenvalue weighted by Gasteiger charge is 2.24. The van der Waals surface area contributed by atoms with Gasteiger partial charge in [0.05, 0.1) is 15.8 Å². The van der Waals surface area contributed by atoms with Crippen LogP contribution in [0.3, 0.4) is 0 Å². The van der Waals surface area contributed by atoms with Crippen LogP contribution in [0.4, 0.5) is 5.69 Å². The summed E-state index contributed by atoms with van der Waals surface area (Å²) >= 11 is 4.79. The first-order chi connectivity index (χ1) is 7.51. The zero-order chi connectivity index (χ0) is 12.3. The number of nitro benzene ring substituents is 1. The Morgan fingerprint density at radius 1 is 1.62 bits per heavy atom. The van der Waals surface area contributed by atoms with Crippen molar-refractivity contribution >= 4 is 50.0 Å². The maximum absolute atomic E-state index is 11.5. The van der Waals surface area contributed by atoms with Gasteiger partial charge in [0.15, 0.2) is 5.78 Å². The third kappa shape index (κ3) is 2.56. The molecule has 0 saturated heterocycles. The summed E-state index contributed by atoms with van der Waals surface area (Å²) in [6.07, 6.45) is 0. The van der Waals surface area contributed by atoms with E-state index in [0.29, 0.717) is 3.57 Å². The molecule has 1 rings (SSSR count). The second kappa shape index (κ2) is 5.36. The average Bonchev–Trinajstić information content (AvgIpc) is 2.26. The van der Waals surface area contributed by atoms with Crippen LogP contribution in [0.1, 0.15) is 15.9 Å². The molecule has 82 valence electrons. The quantitative estimate of drug-likeness (QED) is 0.259. The summed E-state index contributed by atoms with van der Waals surface area (Å²) < 4.78 is 0.548. The summed E-state index contributed by atoms with van der Waals surface area (Å²) in [5.41, 5.74) is -0.430. The molecule has 1 aromatic carbocycles. The van der Waals surface area contributed by atoms with E-state index in [0.717, 1.165) is 0 Å². The third-order valence-corrected chi connectivity index (χ3v) is 2.93. The Morgan fingerprint density at radius 3 is 2.69 bits per heavy atom. The van der Waals surface area contributed by atoms with Crippen molar-refractivity contribution in [2.24, 2.45) is 0 Å². The van der Waals surface area contributed by atoms with Gasteiger partial charge in [-0.3, -0.25) is 14.9 Å². The minimum atomic E-state index is -0.654. The van der Waals surface area contributed by atoms with Crippen LogP contribution in [0, 0.1) is 25.0 Å². The number of rotatable bonds is 3. The standard InChI is InChI=1S/C9H4BrIN2O3/c10-3-8(14)9-5(4-12)1-6(11)2-7(9)13(15)16/h1-2H,3H2. The minimum Gasteiger partial charge on any atom is -0.293 e. The molecule has 0 amide bonds. The van der Waals surface area contributed by atoms with Gasteiger partial charge >= 0.3 is 0 Å². The Balaban J connectivity index is 3.59. The van der Waals surface area contributed by atoms with E-state index in [9.17, 15) is 14.9 Å². The number of hydrogen-bond donors (Lipinski definition) is 0. The van der Waals surface area contributed by atoms with Crippen LogP contribution in [0.25, 0.3) is 0 Å². The van der Waals surface area contributed by atoms with Crippen LogP contribution in [0.2, 0.25) is 0 Å². The number of Topliss-reactive ketones (excluding diaryl/α,β-unsaturated/α-hetero) is 1. The minimum absolute atomic E-state index is 0.0306. The number of nitrogens with zero attached hydrogens (tertiary/aromatic N) is 2. The number of carbonyl (C=O) groups is 1. The lowest BCUT2D eigenvalue weighted by Gasteiger charge is -2.03. The van der Waals surface area contributed by atoms with Crippen molar-refractivity contribution in [3.05, 3.63) is 36.9 Å². The number of nitro groups is 1. The Hall–Kier alpha value is -1.01. The molecule has 0 bridgehead atoms. The molecule has 0 aliphatic heterocycles. The molecule has 0 atom stereocenters. The van der Waals surface area contributed by atoms with Crippen LogP contribution >= 0.6 is 38.5 Å². The lowest BCUT2D eigenvalue weighted by molar-refractivity contribution is -0.385. The molecule has 5 nitrogen and oxygen atoms in total. The van der Waals surface area contributed by atoms with E-state index in [1.165, 1.54) is 12.1 Å². The van der Waals surface area contributed by atoms with Gasteiger partial charge in [-0.1, -0.05) is 15.9 Å². The first-order valence-corrected chi connectivity index (χ1v) is 6.18. The second-order valence-electron chi connectivity index (χ2n) is 2.77. The summed E-state index contributed by atoms with van der Waals surface area (Å²) in [6.45, 7) is 0. The predicted molar refractivity (Wildman–Crippen MR) is 68.7 cm³/mol. The van der Waals surface area contributed by atoms with E-state index in [1.807, 2.05) is 22.6 Å². The highest BCUT2D eigenvalue weighted by molar-refractivity contribution is 14.1. The van der Waals surface area contributed by atoms with Crippen LogP contribution in [-0.4, -0.2) is 16.0 Å². The van der Waals surface area contributed by atoms with Crippen molar-refractivity contribution in [1.29, 1.82) is 5.26 Å². The van der Waals surface area contributed by atoms with Crippen molar-refractivity contribution < 1.29 is 9.72 Å². The molecule has 0 heterocycles. The number of hydrogen-bond acceptors (Lipinski definition) is 4. The number of benzene rings is 1. The monoisotopic (exact) mass is 394 g/mol. The smallest absolute Gasteiger partial charge is 0.282 e. The molecule has 0 saturated carbocycles. The lowest BCUT2D eigenvalue weighted by Crippen LogP contribution is -2.08. The molecule has 7 heteroatoms. The normalized spacial score (nSPS) is 9.56. The van der Waals surface area contributed by atoms with Gasteiger partial charge in [-0.25, -0.2) is 0 Å². The van der Waals surface area contributed by atoms with Gasteiger partial charge < -0.3 is 0 Å². The van der Waals surface area contributed by atoms with E-state index in [4.69, 9.17) is 5.26 Å². The SMILES string of the molecule is N#Cc1cc(I)cc([N+](=O)[O-])c1C(=O)CBr. The molecule has 0 aliphatic carbocycles. The topological polar surface area (TPSA) is 84.0 Å². The van der Waals surface area contributed by atoms with Crippen LogP contribution in [0.5, 0.6) is 0 Å². The van der Waals surface area contributed by atoms with Crippen molar-refractivity contribution in [1.82, 2.24) is 0 Å². The van der Waals surface area contributed by atoms with E-state index in [-0.39, 0.29) is 22.1 Å². The Bertz CT molecular complexity index is 510. The maximum Gasteiger partial charge on any atom is 0.282 e. The summed E-state index contributed by atoms with van der Waals surface area (Å²) in [6, 6.07) is 4.52. The lowest BCUT2D eigenvalue weighted by atomic mass is 10.0. The van der Waals surface area contributed by atoms with Crippen molar-refractivity contribution in [2.45, 2.75) is 0 Å². The number of nitriles is 1. The van der Waals surface area contributed by atoms with Crippen LogP contribution < -0.4 is 0 Å². The van der Waals surface area contributed by atoms with Gasteiger partial charge in [-0.2, -0.15) is 5.26 Å². The van der Waals surface area contributed by atoms with E-state index in [2.05, 4.69) is 15.9 Å². The highest BCUT2D eigenvalue weighted by atomic mass is 127. The van der Waals surface area contributed by atoms with Gasteiger partial charge in [0.2, 0.25) is 0 Å². The molecule has 16 heavy (non-hydrogen) atoms. The molecular formula is C9H4BrIN2O3. The second-order valence-corrected chi connectivity index (χ2v) is 4.58. The molecule has 0 aliphatic rings. The summed E-state index contributed by atoms with van der Waals surface area (Å²) in [4.78, 5) is 21.7. The van der Waals surface area contributed by atoms with E-state index in [1.54, 1.807) is 6.07 Å². The summed E-state index contributed by atoms with van der Waals surface area (Å²) in [7, 11) is 0. The number of alkyl halides is 1. The summed E-state index contributed by atoms with van der Waals surface area (Å²) in [5, 5.41) is 19.6. The molecule has 0 spiro atoms. The Kier molecular flexibility index (Phi) is 4.37. The number of ketones is 1. The maximum atomic E-state index is 11.5. The van der Waals surface area contributed by atoms with Crippen molar-refractivity contribution in [2.75, 3.05) is 5.33 Å². The largest absolute Gasteiger partial charge is 0.293 e. The Morgan fingerprint density at radius 2 is 2.25 bits per heavy atom. The zero-order valence-corrected chi connectivity index (χ0v) is 11.5. The van der Waals surface area contributed by atoms with Gasteiger partial charge in [-0.15, -0.1) is 0 Å². The third-order valence-electron chi connectivity index (χ3n) is 1.80. The van der Waals surface area contributed by atoms with E-state index >= 15 is 0 Å². The number of carbonyl (C=O) groups excluding carboxylic acids is 1. The fourth-order valence-corrected chi connectivity index (χ4v) is 2.07. The van der Waals surface area contributed by atoms with Gasteiger partial charge in [0.25, 0.3) is 5.69 Å². The fourth-order valence-electron chi connectivity index (χ4n) is 1.18. The molecule has 0 aromatic heterocycles. The first kappa shape index (κ1) is 13.1. The fraction of sp³-hybridized carbons (Fsp3) is 0.111. The number of halogens is 2. The van der Waals surface area contributed by atoms with Crippen molar-refractivity contribution in [3.8, 4) is 6.07 Å². The van der Waals surface area contributed by atoms with Gasteiger partial charge in [0.1, 0.15) is 11.6 Å². The Labute approximate surface area is 113 Å². The van der Waals surface area contributed by atoms with Crippen LogP contribution in [0.15, 0.2) is 12.1 Å². The highest BCUT2D eigenvalue weighted by Crippen LogP contribution is 2.26. The first-order valence-electron chi connectivity index (χ1n) is 3.98. The van der Waals surface area contributed by atoms with Gasteiger partial charge in [0, 0.05) is 9.64 Å². The van der Waals surface area contributed by atoms with Gasteiger partial charge in [-0.05, 0) is 28.7 Å². The van der Waals surface area contributed by atoms with Crippen LogP contribution in [-0.2, 0) is 0 Å². The summed E-state index contributed by atoms with van der Waals surface area (Å²) in [5.74, 6) is -0.473. The predicted octanol–water partition coefficient (Wildman–Crippen LogP) is 2.65.